The van der Waals surface area contributed by atoms with Gasteiger partial charge in [-0.15, -0.1) is 0 Å². The Kier molecular flexibility index (Phi) is 145. The summed E-state index contributed by atoms with van der Waals surface area (Å²) >= 11 is 62.7. The van der Waals surface area contributed by atoms with Crippen LogP contribution in [-0.4, -0.2) is 134 Å². The van der Waals surface area contributed by atoms with Gasteiger partial charge in [-0.3, -0.25) is 0 Å². The van der Waals surface area contributed by atoms with Crippen LogP contribution in [0.4, 0.5) is 0 Å². The predicted molar refractivity (Wildman–Crippen MR) is 645 cm³/mol. The number of hydrogen-bond donors (Lipinski definition) is 0. The van der Waals surface area contributed by atoms with Crippen molar-refractivity contribution >= 4 is 175 Å². The molecule has 0 N–H and O–H groups in total. The van der Waals surface area contributed by atoms with Gasteiger partial charge in [0.2, 0.25) is 0 Å². The molecule has 0 heterocycles. The quantitative estimate of drug-likeness (QED) is 0.0249. The fourth-order valence-electron chi connectivity index (χ4n) is 16.9. The number of hydrogen-bond acceptors (Lipinski definition) is 12. The zero-order valence-electron chi connectivity index (χ0n) is 90.9. The number of rotatable bonds is 96. The van der Waals surface area contributed by atoms with Crippen LogP contribution >= 0.6 is 73.3 Å². The van der Waals surface area contributed by atoms with Gasteiger partial charge in [-0.25, -0.2) is 0 Å². The summed E-state index contributed by atoms with van der Waals surface area (Å²) in [6.07, 6.45) is 114. The summed E-state index contributed by atoms with van der Waals surface area (Å²) in [5, 5.41) is 0. The van der Waals surface area contributed by atoms with E-state index in [0.717, 1.165) is 78.5 Å². The molecule has 133 heavy (non-hydrogen) atoms. The van der Waals surface area contributed by atoms with E-state index in [0.29, 0.717) is 25.9 Å². The minimum Gasteiger partial charge on any atom is -0.411 e. The molecule has 6 nitrogen and oxygen atoms in total. The van der Waals surface area contributed by atoms with Gasteiger partial charge in [-0.2, -0.15) is 0 Å². The second-order valence-corrected chi connectivity index (χ2v) is 45.2. The van der Waals surface area contributed by atoms with Gasteiger partial charge in [0.15, 0.2) is 0 Å². The van der Waals surface area contributed by atoms with Crippen molar-refractivity contribution in [2.75, 3.05) is 78.5 Å². The Morgan fingerprint density at radius 2 is 0.165 bits per heavy atom. The number of nitrogens with zero attached hydrogens (tertiary/aromatic N) is 6. The van der Waals surface area contributed by atoms with E-state index in [1.165, 1.54) is 539 Å². The van der Waals surface area contributed by atoms with E-state index in [4.69, 9.17) is 149 Å². The van der Waals surface area contributed by atoms with Crippen LogP contribution < -0.4 is 0 Å². The maximum Gasteiger partial charge on any atom is 0.0162 e. The molecule has 0 aliphatic heterocycles. The Labute approximate surface area is 917 Å². The molecule has 0 spiro atoms. The normalized spacial score (nSPS) is 10.7. The fourth-order valence-corrected chi connectivity index (χ4v) is 19.1. The van der Waals surface area contributed by atoms with E-state index in [9.17, 15) is 0 Å². The minimum atomic E-state index is 0. The maximum absolute atomic E-state index is 5.23. The first-order chi connectivity index (χ1) is 64.3. The first-order valence-electron chi connectivity index (χ1n) is 58.1. The van der Waals surface area contributed by atoms with Crippen molar-refractivity contribution in [2.45, 2.75) is 622 Å². The molecule has 0 aromatic heterocycles. The maximum atomic E-state index is 5.23. The summed E-state index contributed by atoms with van der Waals surface area (Å²) in [6.45, 7) is 40.1. The third-order valence-corrected chi connectivity index (χ3v) is 29.0. The smallest absolute Gasteiger partial charge is 0.0162 e. The number of unbranched alkanes of at least 4 members (excludes halogenated alkanes) is 72. The zero-order chi connectivity index (χ0) is 98.8. The molecule has 0 bridgehead atoms. The van der Waals surface area contributed by atoms with E-state index in [-0.39, 0.29) is 21.1 Å². The zero-order valence-corrected chi connectivity index (χ0v) is 103. The third kappa shape index (κ3) is 129. The minimum absolute atomic E-state index is 0. The molecule has 0 unspecified atom stereocenters. The van der Waals surface area contributed by atoms with E-state index in [1.807, 2.05) is 0 Å². The summed E-state index contributed by atoms with van der Waals surface area (Å²) in [4.78, 5) is 13.5. The Morgan fingerprint density at radius 1 is 0.113 bits per heavy atom. The van der Waals surface area contributed by atoms with Crippen LogP contribution in [0.15, 0.2) is 0 Å². The van der Waals surface area contributed by atoms with Crippen LogP contribution in [-0.2, 0) is 96.8 Å². The van der Waals surface area contributed by atoms with Gasteiger partial charge >= 0.3 is 0 Å². The summed E-state index contributed by atoms with van der Waals surface area (Å²) in [7, 11) is 0. The molecule has 0 aliphatic rings. The fraction of sp³-hybridized carbons (Fsp3) is 0.947. The largest absolute Gasteiger partial charge is 0.411 e. The number of thiocarbonyl (C=S) groups is 6. The second kappa shape index (κ2) is 131. The van der Waals surface area contributed by atoms with Crippen molar-refractivity contribution in [3.8, 4) is 0 Å². The molecular weight excluding hydrogens is 1930 g/mol. The third-order valence-electron chi connectivity index (χ3n) is 25.9. The molecule has 0 aromatic carbocycles. The Bertz CT molecular complexity index is 1750. The van der Waals surface area contributed by atoms with Crippen molar-refractivity contribution in [3.63, 3.8) is 0 Å². The Balaban J connectivity index is -0.000000286. The van der Waals surface area contributed by atoms with Gasteiger partial charge in [0.25, 0.3) is 0 Å². The summed E-state index contributed by atoms with van der Waals surface area (Å²) in [5.74, 6) is 0. The molecule has 19 heteroatoms. The molecular formula is C114H228MoN6S12-6. The van der Waals surface area contributed by atoms with Gasteiger partial charge in [0.1, 0.15) is 0 Å². The standard InChI is InChI=1S/6C19H39NS2.Mo/c6*1-3-5-7-9-11-13-15-17-20(19(21)22)18-16-14-12-10-8-6-4-2;/h6*3-18H2,1-2H3,(H,21,22);/p-6. The van der Waals surface area contributed by atoms with Crippen molar-refractivity contribution in [3.05, 3.63) is 0 Å². The predicted octanol–water partition coefficient (Wildman–Crippen LogP) is 39.7. The molecule has 0 saturated heterocycles. The van der Waals surface area contributed by atoms with Crippen LogP contribution in [0, 0.1) is 0 Å². The Morgan fingerprint density at radius 3 is 0.218 bits per heavy atom. The summed E-state index contributed by atoms with van der Waals surface area (Å²) in [5.41, 5.74) is 0. The molecule has 0 atom stereocenters. The van der Waals surface area contributed by atoms with E-state index in [2.05, 4.69) is 112 Å². The van der Waals surface area contributed by atoms with Gasteiger partial charge in [0.05, 0.1) is 0 Å². The first-order valence-corrected chi connectivity index (χ1v) is 63.0. The van der Waals surface area contributed by atoms with Gasteiger partial charge in [0, 0.05) is 99.6 Å². The molecule has 0 aliphatic carbocycles. The van der Waals surface area contributed by atoms with Gasteiger partial charge < -0.3 is 178 Å². The van der Waals surface area contributed by atoms with Crippen LogP contribution in [0.2, 0.25) is 0 Å². The topological polar surface area (TPSA) is 19.4 Å². The van der Waals surface area contributed by atoms with Crippen molar-refractivity contribution in [2.24, 2.45) is 0 Å². The molecule has 798 valence electrons. The average molecular weight is 2160 g/mol. The van der Waals surface area contributed by atoms with Crippen molar-refractivity contribution in [1.82, 2.24) is 29.4 Å². The molecule has 0 fully saturated rings. The van der Waals surface area contributed by atoms with Crippen LogP contribution in [0.25, 0.3) is 0 Å². The molecule has 0 amide bonds. The first kappa shape index (κ1) is 147. The monoisotopic (exact) mass is 2160 g/mol. The van der Waals surface area contributed by atoms with Crippen molar-refractivity contribution < 1.29 is 21.1 Å². The summed E-state index contributed by atoms with van der Waals surface area (Å²) < 4.78 is 4.07. The molecule has 0 aromatic rings. The van der Waals surface area contributed by atoms with Crippen molar-refractivity contribution in [1.29, 1.82) is 0 Å². The van der Waals surface area contributed by atoms with E-state index in [1.54, 1.807) is 0 Å². The summed E-state index contributed by atoms with van der Waals surface area (Å²) in [6, 6.07) is 0. The van der Waals surface area contributed by atoms with Crippen LogP contribution in [0.5, 0.6) is 0 Å². The second-order valence-electron chi connectivity index (χ2n) is 39.0. The average Bonchev–Trinajstić information content (AvgIpc) is 0.996. The SMILES string of the molecule is CCCCCCCCCN(CCCCCCCCC)C(=S)[S-].CCCCCCCCCN(CCCCCCCCC)C(=S)[S-].CCCCCCCCCN(CCCCCCCCC)C(=S)[S-].CCCCCCCCCN(CCCCCCCCC)C(=S)[S-].CCCCCCCCCN(CCCCCCCCC)C(=S)[S-].CCCCCCCCCN(CCCCCCCCC)C(=S)[S-].[Mo]. The molecule has 0 rings (SSSR count). The van der Waals surface area contributed by atoms with Crippen LogP contribution in [0.3, 0.4) is 0 Å². The molecule has 0 saturated carbocycles. The van der Waals surface area contributed by atoms with Gasteiger partial charge in [-0.1, -0.05) is 571 Å². The van der Waals surface area contributed by atoms with Gasteiger partial charge in [-0.05, 0) is 77.0 Å². The Hall–Kier alpha value is 1.35. The van der Waals surface area contributed by atoms with Crippen LogP contribution in [0.1, 0.15) is 622 Å². The van der Waals surface area contributed by atoms with E-state index < -0.39 is 0 Å². The molecule has 0 radical (unpaired) electrons. The van der Waals surface area contributed by atoms with E-state index >= 15 is 0 Å².